The van der Waals surface area contributed by atoms with Gasteiger partial charge in [0.15, 0.2) is 0 Å². The average Bonchev–Trinajstić information content (AvgIpc) is 2.65. The maximum Gasteiger partial charge on any atom is 0.244 e. The van der Waals surface area contributed by atoms with Crippen LogP contribution in [0.15, 0.2) is 41.3 Å². The highest BCUT2D eigenvalue weighted by atomic mass is 35.5. The van der Waals surface area contributed by atoms with Crippen molar-refractivity contribution in [2.75, 3.05) is 13.1 Å². The third-order valence-electron chi connectivity index (χ3n) is 4.90. The molecule has 0 aliphatic carbocycles. The summed E-state index contributed by atoms with van der Waals surface area (Å²) in [7, 11) is -3.88. The fraction of sp³-hybridized carbons (Fsp3) is 0.435. The van der Waals surface area contributed by atoms with Crippen molar-refractivity contribution in [1.82, 2.24) is 9.62 Å². The molecule has 0 saturated carbocycles. The van der Waals surface area contributed by atoms with E-state index in [4.69, 9.17) is 11.6 Å². The molecule has 0 fully saturated rings. The van der Waals surface area contributed by atoms with Crippen molar-refractivity contribution in [2.24, 2.45) is 0 Å². The molecule has 0 aliphatic rings. The minimum absolute atomic E-state index is 0.0919. The van der Waals surface area contributed by atoms with Gasteiger partial charge in [0, 0.05) is 18.1 Å². The topological polar surface area (TPSA) is 66.5 Å². The number of nitrogens with zero attached hydrogens (tertiary/aromatic N) is 1. The van der Waals surface area contributed by atoms with Crippen molar-refractivity contribution in [2.45, 2.75) is 58.4 Å². The van der Waals surface area contributed by atoms with Gasteiger partial charge < -0.3 is 5.32 Å². The summed E-state index contributed by atoms with van der Waals surface area (Å²) < 4.78 is 28.4. The van der Waals surface area contributed by atoms with Gasteiger partial charge in [-0.25, -0.2) is 8.42 Å². The highest BCUT2D eigenvalue weighted by Crippen LogP contribution is 2.26. The Balaban J connectivity index is 2.34. The lowest BCUT2D eigenvalue weighted by Gasteiger charge is -2.24. The van der Waals surface area contributed by atoms with Crippen LogP contribution in [-0.4, -0.2) is 31.7 Å². The molecule has 164 valence electrons. The number of unbranched alkanes of at least 4 members (excludes halogenated alkanes) is 2. The zero-order valence-electron chi connectivity index (χ0n) is 18.2. The number of hydrogen-bond donors (Lipinski definition) is 1. The van der Waals surface area contributed by atoms with Crippen molar-refractivity contribution in [1.29, 1.82) is 0 Å². The molecular weight excluding hydrogens is 420 g/mol. The van der Waals surface area contributed by atoms with Crippen LogP contribution in [0.4, 0.5) is 0 Å². The second-order valence-corrected chi connectivity index (χ2v) is 10.00. The molecule has 7 heteroatoms. The third-order valence-corrected chi connectivity index (χ3v) is 7.25. The van der Waals surface area contributed by atoms with E-state index in [-0.39, 0.29) is 23.9 Å². The smallest absolute Gasteiger partial charge is 0.244 e. The Bertz CT molecular complexity index is 949. The number of amides is 1. The van der Waals surface area contributed by atoms with Crippen LogP contribution in [0.2, 0.25) is 5.02 Å². The number of rotatable bonds is 10. The van der Waals surface area contributed by atoms with Crippen molar-refractivity contribution in [3.63, 3.8) is 0 Å². The van der Waals surface area contributed by atoms with Crippen molar-refractivity contribution < 1.29 is 13.2 Å². The normalized spacial score (nSPS) is 11.7. The molecule has 1 N–H and O–H groups in total. The Morgan fingerprint density at radius 3 is 2.20 bits per heavy atom. The summed E-state index contributed by atoms with van der Waals surface area (Å²) in [6, 6.07) is 10.7. The first kappa shape index (κ1) is 24.4. The number of halogens is 1. The minimum Gasteiger partial charge on any atom is -0.355 e. The molecule has 0 aromatic heterocycles. The van der Waals surface area contributed by atoms with Crippen LogP contribution in [0.1, 0.15) is 48.4 Å². The number of carbonyl (C=O) groups is 1. The summed E-state index contributed by atoms with van der Waals surface area (Å²) >= 11 is 5.96. The molecule has 0 heterocycles. The quantitative estimate of drug-likeness (QED) is 0.530. The minimum atomic E-state index is -3.88. The van der Waals surface area contributed by atoms with Crippen LogP contribution in [0.25, 0.3) is 0 Å². The van der Waals surface area contributed by atoms with Gasteiger partial charge in [-0.3, -0.25) is 4.79 Å². The predicted molar refractivity (Wildman–Crippen MR) is 122 cm³/mol. The van der Waals surface area contributed by atoms with Crippen LogP contribution in [0.3, 0.4) is 0 Å². The van der Waals surface area contributed by atoms with E-state index >= 15 is 0 Å². The molecule has 2 rings (SSSR count). The summed E-state index contributed by atoms with van der Waals surface area (Å²) in [5, 5.41) is 3.41. The van der Waals surface area contributed by atoms with Crippen LogP contribution in [0, 0.1) is 20.8 Å². The second kappa shape index (κ2) is 10.9. The first-order chi connectivity index (χ1) is 14.1. The van der Waals surface area contributed by atoms with E-state index in [2.05, 4.69) is 12.2 Å². The molecule has 0 saturated heterocycles. The second-order valence-electron chi connectivity index (χ2n) is 7.68. The molecule has 30 heavy (non-hydrogen) atoms. The van der Waals surface area contributed by atoms with Gasteiger partial charge in [0.1, 0.15) is 0 Å². The van der Waals surface area contributed by atoms with E-state index < -0.39 is 10.0 Å². The summed E-state index contributed by atoms with van der Waals surface area (Å²) in [6.45, 7) is 8.01. The fourth-order valence-corrected chi connectivity index (χ4v) is 5.46. The maximum absolute atomic E-state index is 13.6. The summed E-state index contributed by atoms with van der Waals surface area (Å²) in [5.41, 5.74) is 3.12. The molecule has 0 radical (unpaired) electrons. The first-order valence-electron chi connectivity index (χ1n) is 10.2. The van der Waals surface area contributed by atoms with Gasteiger partial charge in [-0.2, -0.15) is 4.31 Å². The highest BCUT2D eigenvalue weighted by Gasteiger charge is 2.29. The Hall–Kier alpha value is -1.89. The molecule has 5 nitrogen and oxygen atoms in total. The fourth-order valence-electron chi connectivity index (χ4n) is 3.54. The van der Waals surface area contributed by atoms with Crippen LogP contribution in [-0.2, 0) is 21.4 Å². The summed E-state index contributed by atoms with van der Waals surface area (Å²) in [6.07, 6.45) is 2.95. The Labute approximate surface area is 185 Å². The van der Waals surface area contributed by atoms with Crippen LogP contribution in [0.5, 0.6) is 0 Å². The molecule has 0 bridgehead atoms. The first-order valence-corrected chi connectivity index (χ1v) is 12.1. The molecule has 2 aromatic carbocycles. The van der Waals surface area contributed by atoms with Gasteiger partial charge in [-0.1, -0.05) is 61.2 Å². The van der Waals surface area contributed by atoms with E-state index in [9.17, 15) is 13.2 Å². The molecular formula is C23H31ClN2O3S. The maximum atomic E-state index is 13.6. The lowest BCUT2D eigenvalue weighted by atomic mass is 10.1. The number of nitrogens with one attached hydrogen (secondary N) is 1. The molecule has 0 atom stereocenters. The Morgan fingerprint density at radius 2 is 1.63 bits per heavy atom. The van der Waals surface area contributed by atoms with Crippen molar-refractivity contribution in [3.8, 4) is 0 Å². The van der Waals surface area contributed by atoms with Gasteiger partial charge in [-0.05, 0) is 56.0 Å². The van der Waals surface area contributed by atoms with Crippen LogP contribution >= 0.6 is 11.6 Å². The van der Waals surface area contributed by atoms with Crippen molar-refractivity contribution >= 4 is 27.5 Å². The lowest BCUT2D eigenvalue weighted by Crippen LogP contribution is -2.41. The Kier molecular flexibility index (Phi) is 8.89. The van der Waals surface area contributed by atoms with Gasteiger partial charge in [-0.15, -0.1) is 0 Å². The van der Waals surface area contributed by atoms with Gasteiger partial charge in [0.2, 0.25) is 15.9 Å². The van der Waals surface area contributed by atoms with Crippen molar-refractivity contribution in [3.05, 3.63) is 63.7 Å². The van der Waals surface area contributed by atoms with Gasteiger partial charge in [0.25, 0.3) is 0 Å². The van der Waals surface area contributed by atoms with E-state index in [1.165, 1.54) is 4.31 Å². The van der Waals surface area contributed by atoms with Gasteiger partial charge >= 0.3 is 0 Å². The van der Waals surface area contributed by atoms with E-state index in [0.29, 0.717) is 22.7 Å². The summed E-state index contributed by atoms with van der Waals surface area (Å²) in [5.74, 6) is -0.300. The number of hydrogen-bond acceptors (Lipinski definition) is 3. The number of aryl methyl sites for hydroxylation is 3. The summed E-state index contributed by atoms with van der Waals surface area (Å²) in [4.78, 5) is 12.8. The predicted octanol–water partition coefficient (Wildman–Crippen LogP) is 4.76. The largest absolute Gasteiger partial charge is 0.355 e. The molecule has 0 unspecified atom stereocenters. The molecule has 1 amide bonds. The Morgan fingerprint density at radius 1 is 1.03 bits per heavy atom. The third kappa shape index (κ3) is 6.56. The van der Waals surface area contributed by atoms with E-state index in [0.717, 1.165) is 30.4 Å². The average molecular weight is 451 g/mol. The number of sulfonamides is 1. The highest BCUT2D eigenvalue weighted by molar-refractivity contribution is 7.89. The zero-order chi connectivity index (χ0) is 22.3. The molecule has 0 spiro atoms. The number of benzene rings is 2. The lowest BCUT2D eigenvalue weighted by molar-refractivity contribution is -0.121. The standard InChI is InChI=1S/C23H31ClN2O3S/c1-5-6-7-12-25-22(27)16-26(15-20-8-10-21(24)11-9-20)30(28,29)23-18(3)13-17(2)14-19(23)4/h8-11,13-14H,5-7,12,15-16H2,1-4H3,(H,25,27). The molecule has 0 aliphatic heterocycles. The monoisotopic (exact) mass is 450 g/mol. The zero-order valence-corrected chi connectivity index (χ0v) is 19.7. The number of carbonyl (C=O) groups excluding carboxylic acids is 1. The SMILES string of the molecule is CCCCCNC(=O)CN(Cc1ccc(Cl)cc1)S(=O)(=O)c1c(C)cc(C)cc1C. The van der Waals surface area contributed by atoms with E-state index in [1.807, 2.05) is 19.1 Å². The van der Waals surface area contributed by atoms with E-state index in [1.54, 1.807) is 38.1 Å². The van der Waals surface area contributed by atoms with Gasteiger partial charge in [0.05, 0.1) is 11.4 Å². The molecule has 2 aromatic rings. The van der Waals surface area contributed by atoms with Crippen LogP contribution < -0.4 is 5.32 Å².